The molecule has 2 nitrogen and oxygen atoms in total. The lowest BCUT2D eigenvalue weighted by atomic mass is 10.0. The number of hydrogen-bond acceptors (Lipinski definition) is 2. The topological polar surface area (TPSA) is 12.5 Å². The largest absolute Gasteiger partial charge is 0.496 e. The SMILES string of the molecule is COc1cc(F)c2c3c1CCN3CC=C2. The van der Waals surface area contributed by atoms with Gasteiger partial charge in [0.1, 0.15) is 11.6 Å². The second-order valence-electron chi connectivity index (χ2n) is 3.90. The molecule has 0 bridgehead atoms. The van der Waals surface area contributed by atoms with Gasteiger partial charge in [0, 0.05) is 30.3 Å². The number of nitrogens with zero attached hydrogens (tertiary/aromatic N) is 1. The molecule has 0 aromatic heterocycles. The summed E-state index contributed by atoms with van der Waals surface area (Å²) >= 11 is 0. The Balaban J connectivity index is 2.31. The Morgan fingerprint density at radius 3 is 3.13 bits per heavy atom. The molecule has 0 fully saturated rings. The van der Waals surface area contributed by atoms with Crippen molar-refractivity contribution in [3.63, 3.8) is 0 Å². The van der Waals surface area contributed by atoms with E-state index in [9.17, 15) is 4.39 Å². The normalized spacial score (nSPS) is 16.8. The maximum atomic E-state index is 13.7. The van der Waals surface area contributed by atoms with Crippen molar-refractivity contribution < 1.29 is 9.13 Å². The zero-order chi connectivity index (χ0) is 10.4. The van der Waals surface area contributed by atoms with Gasteiger partial charge in [0.05, 0.1) is 12.8 Å². The predicted octanol–water partition coefficient (Wildman–Crippen LogP) is 2.22. The van der Waals surface area contributed by atoms with E-state index in [0.29, 0.717) is 5.75 Å². The minimum Gasteiger partial charge on any atom is -0.496 e. The van der Waals surface area contributed by atoms with Crippen LogP contribution in [0.25, 0.3) is 6.08 Å². The Bertz CT molecular complexity index is 453. The lowest BCUT2D eigenvalue weighted by molar-refractivity contribution is 0.407. The van der Waals surface area contributed by atoms with Gasteiger partial charge in [0.25, 0.3) is 0 Å². The maximum Gasteiger partial charge on any atom is 0.136 e. The van der Waals surface area contributed by atoms with Gasteiger partial charge in [-0.25, -0.2) is 4.39 Å². The number of halogens is 1. The number of hydrogen-bond donors (Lipinski definition) is 0. The van der Waals surface area contributed by atoms with Crippen LogP contribution in [0.5, 0.6) is 5.75 Å². The fourth-order valence-corrected chi connectivity index (χ4v) is 2.45. The fourth-order valence-electron chi connectivity index (χ4n) is 2.45. The molecule has 0 saturated heterocycles. The Morgan fingerprint density at radius 2 is 2.33 bits per heavy atom. The van der Waals surface area contributed by atoms with Crippen molar-refractivity contribution in [1.82, 2.24) is 0 Å². The minimum absolute atomic E-state index is 0.187. The lowest BCUT2D eigenvalue weighted by Crippen LogP contribution is -2.23. The van der Waals surface area contributed by atoms with E-state index in [1.807, 2.05) is 12.2 Å². The minimum atomic E-state index is -0.187. The lowest BCUT2D eigenvalue weighted by Gasteiger charge is -2.24. The molecule has 78 valence electrons. The molecule has 0 amide bonds. The van der Waals surface area contributed by atoms with Crippen LogP contribution in [0.1, 0.15) is 11.1 Å². The molecule has 3 heteroatoms. The number of benzene rings is 1. The molecule has 0 N–H and O–H groups in total. The van der Waals surface area contributed by atoms with Crippen LogP contribution >= 0.6 is 0 Å². The van der Waals surface area contributed by atoms with Gasteiger partial charge in [-0.15, -0.1) is 0 Å². The first-order valence-electron chi connectivity index (χ1n) is 5.12. The summed E-state index contributed by atoms with van der Waals surface area (Å²) in [6.45, 7) is 1.85. The van der Waals surface area contributed by atoms with Crippen molar-refractivity contribution >= 4 is 11.8 Å². The van der Waals surface area contributed by atoms with E-state index in [2.05, 4.69) is 4.90 Å². The van der Waals surface area contributed by atoms with E-state index in [-0.39, 0.29) is 5.82 Å². The Kier molecular flexibility index (Phi) is 1.75. The fraction of sp³-hybridized carbons (Fsp3) is 0.333. The van der Waals surface area contributed by atoms with Crippen LogP contribution < -0.4 is 9.64 Å². The van der Waals surface area contributed by atoms with Crippen molar-refractivity contribution in [2.45, 2.75) is 6.42 Å². The van der Waals surface area contributed by atoms with Crippen LogP contribution in [-0.4, -0.2) is 20.2 Å². The number of rotatable bonds is 1. The van der Waals surface area contributed by atoms with Gasteiger partial charge in [0.2, 0.25) is 0 Å². The van der Waals surface area contributed by atoms with Crippen molar-refractivity contribution in [2.24, 2.45) is 0 Å². The highest BCUT2D eigenvalue weighted by Crippen LogP contribution is 2.41. The molecule has 0 radical (unpaired) electrons. The van der Waals surface area contributed by atoms with Crippen LogP contribution in [-0.2, 0) is 6.42 Å². The van der Waals surface area contributed by atoms with Crippen LogP contribution in [0.2, 0.25) is 0 Å². The van der Waals surface area contributed by atoms with Crippen LogP contribution in [0.15, 0.2) is 12.1 Å². The Hall–Kier alpha value is -1.51. The molecule has 0 aliphatic carbocycles. The summed E-state index contributed by atoms with van der Waals surface area (Å²) < 4.78 is 19.0. The summed E-state index contributed by atoms with van der Waals surface area (Å²) in [7, 11) is 1.60. The van der Waals surface area contributed by atoms with Crippen molar-refractivity contribution in [3.05, 3.63) is 29.1 Å². The summed E-state index contributed by atoms with van der Waals surface area (Å²) in [5.74, 6) is 0.498. The van der Waals surface area contributed by atoms with Gasteiger partial charge in [-0.2, -0.15) is 0 Å². The molecule has 0 spiro atoms. The highest BCUT2D eigenvalue weighted by atomic mass is 19.1. The summed E-state index contributed by atoms with van der Waals surface area (Å²) in [5.41, 5.74) is 2.90. The first kappa shape index (κ1) is 8.77. The first-order valence-corrected chi connectivity index (χ1v) is 5.12. The van der Waals surface area contributed by atoms with Gasteiger partial charge in [-0.1, -0.05) is 12.2 Å². The zero-order valence-electron chi connectivity index (χ0n) is 8.59. The van der Waals surface area contributed by atoms with Crippen LogP contribution in [0, 0.1) is 5.82 Å². The molecule has 1 aromatic carbocycles. The molecule has 2 aliphatic heterocycles. The molecule has 0 atom stereocenters. The smallest absolute Gasteiger partial charge is 0.136 e. The predicted molar refractivity (Wildman–Crippen MR) is 57.9 cm³/mol. The van der Waals surface area contributed by atoms with Crippen molar-refractivity contribution in [1.29, 1.82) is 0 Å². The molecule has 2 heterocycles. The summed E-state index contributed by atoms with van der Waals surface area (Å²) in [5, 5.41) is 0. The third kappa shape index (κ3) is 1.09. The molecule has 0 saturated carbocycles. The average Bonchev–Trinajstić information content (AvgIpc) is 2.68. The number of ether oxygens (including phenoxy) is 1. The maximum absolute atomic E-state index is 13.7. The van der Waals surface area contributed by atoms with Crippen LogP contribution in [0.4, 0.5) is 10.1 Å². The Labute approximate surface area is 88.0 Å². The second kappa shape index (κ2) is 2.99. The third-order valence-electron chi connectivity index (χ3n) is 3.13. The standard InChI is InChI=1S/C12H12FNO/c1-15-11-7-10(13)8-3-2-5-14-6-4-9(11)12(8)14/h2-3,7H,4-6H2,1H3. The molecule has 1 aromatic rings. The number of methoxy groups -OCH3 is 1. The molecule has 3 rings (SSSR count). The summed E-state index contributed by atoms with van der Waals surface area (Å²) in [6.07, 6.45) is 4.83. The van der Waals surface area contributed by atoms with E-state index in [4.69, 9.17) is 4.74 Å². The molecule has 0 unspecified atom stereocenters. The van der Waals surface area contributed by atoms with E-state index >= 15 is 0 Å². The molecule has 2 aliphatic rings. The van der Waals surface area contributed by atoms with E-state index in [1.165, 1.54) is 6.07 Å². The highest BCUT2D eigenvalue weighted by Gasteiger charge is 2.28. The van der Waals surface area contributed by atoms with Crippen LogP contribution in [0.3, 0.4) is 0 Å². The quantitative estimate of drug-likeness (QED) is 0.697. The Morgan fingerprint density at radius 1 is 1.47 bits per heavy atom. The number of anilines is 1. The van der Waals surface area contributed by atoms with E-state index in [0.717, 1.165) is 36.3 Å². The van der Waals surface area contributed by atoms with Gasteiger partial charge < -0.3 is 9.64 Å². The summed E-state index contributed by atoms with van der Waals surface area (Å²) in [6, 6.07) is 1.49. The summed E-state index contributed by atoms with van der Waals surface area (Å²) in [4.78, 5) is 2.20. The van der Waals surface area contributed by atoms with E-state index in [1.54, 1.807) is 7.11 Å². The average molecular weight is 205 g/mol. The van der Waals surface area contributed by atoms with Gasteiger partial charge in [-0.05, 0) is 6.42 Å². The monoisotopic (exact) mass is 205 g/mol. The first-order chi connectivity index (χ1) is 7.31. The van der Waals surface area contributed by atoms with Gasteiger partial charge in [0.15, 0.2) is 0 Å². The van der Waals surface area contributed by atoms with E-state index < -0.39 is 0 Å². The zero-order valence-corrected chi connectivity index (χ0v) is 8.59. The molecule has 15 heavy (non-hydrogen) atoms. The highest BCUT2D eigenvalue weighted by molar-refractivity contribution is 5.79. The molecular formula is C12H12FNO. The van der Waals surface area contributed by atoms with Gasteiger partial charge >= 0.3 is 0 Å². The third-order valence-corrected chi connectivity index (χ3v) is 3.13. The second-order valence-corrected chi connectivity index (χ2v) is 3.90. The van der Waals surface area contributed by atoms with Gasteiger partial charge in [-0.3, -0.25) is 0 Å². The van der Waals surface area contributed by atoms with Crippen molar-refractivity contribution in [2.75, 3.05) is 25.1 Å². The molecular weight excluding hydrogens is 193 g/mol. The van der Waals surface area contributed by atoms with Crippen molar-refractivity contribution in [3.8, 4) is 5.75 Å².